The monoisotopic (exact) mass is 326 g/mol. The molecule has 1 aromatic heterocycles. The van der Waals surface area contributed by atoms with Gasteiger partial charge in [0.2, 0.25) is 0 Å². The molecule has 1 heterocycles. The Kier molecular flexibility index (Phi) is 4.34. The first-order valence-corrected chi connectivity index (χ1v) is 8.84. The molecule has 0 atom stereocenters. The lowest BCUT2D eigenvalue weighted by atomic mass is 10.1. The number of hydrogen-bond acceptors (Lipinski definition) is 1. The van der Waals surface area contributed by atoms with Gasteiger partial charge in [0.25, 0.3) is 0 Å². The van der Waals surface area contributed by atoms with E-state index in [9.17, 15) is 0 Å². The maximum Gasteiger partial charge on any atom is 0.114 e. The summed E-state index contributed by atoms with van der Waals surface area (Å²) in [5, 5.41) is 0. The fourth-order valence-electron chi connectivity index (χ4n) is 3.37. The molecule has 0 spiro atoms. The van der Waals surface area contributed by atoms with Crippen LogP contribution < -0.4 is 0 Å². The Bertz CT molecular complexity index is 983. The normalized spacial score (nSPS) is 11.1. The summed E-state index contributed by atoms with van der Waals surface area (Å²) >= 11 is 0. The van der Waals surface area contributed by atoms with Crippen LogP contribution in [0.15, 0.2) is 78.9 Å². The van der Waals surface area contributed by atoms with Crippen LogP contribution in [0.1, 0.15) is 22.5 Å². The van der Waals surface area contributed by atoms with E-state index in [2.05, 4.69) is 90.4 Å². The van der Waals surface area contributed by atoms with Gasteiger partial charge in [0.05, 0.1) is 11.0 Å². The van der Waals surface area contributed by atoms with Gasteiger partial charge in [-0.05, 0) is 42.2 Å². The predicted molar refractivity (Wildman–Crippen MR) is 104 cm³/mol. The Morgan fingerprint density at radius 3 is 2.36 bits per heavy atom. The number of nitrogens with zero attached hydrogens (tertiary/aromatic N) is 2. The van der Waals surface area contributed by atoms with Gasteiger partial charge in [-0.1, -0.05) is 66.7 Å². The molecule has 25 heavy (non-hydrogen) atoms. The van der Waals surface area contributed by atoms with Gasteiger partial charge in [0.1, 0.15) is 5.82 Å². The number of aryl methyl sites for hydroxylation is 3. The van der Waals surface area contributed by atoms with Gasteiger partial charge in [0, 0.05) is 13.0 Å². The van der Waals surface area contributed by atoms with E-state index in [0.29, 0.717) is 0 Å². The minimum absolute atomic E-state index is 0.871. The summed E-state index contributed by atoms with van der Waals surface area (Å²) in [6.45, 7) is 3.12. The fraction of sp³-hybridized carbons (Fsp3) is 0.174. The zero-order valence-corrected chi connectivity index (χ0v) is 14.5. The third-order valence-electron chi connectivity index (χ3n) is 4.81. The highest BCUT2D eigenvalue weighted by atomic mass is 15.1. The molecule has 0 saturated heterocycles. The molecule has 0 saturated carbocycles. The standard InChI is InChI=1S/C23H22N2/c1-18-9-5-6-12-20(18)17-23-24-21-13-7-8-14-22(21)25(23)16-15-19-10-3-2-4-11-19/h2-14H,15-17H2,1H3. The van der Waals surface area contributed by atoms with Crippen LogP contribution in [0.5, 0.6) is 0 Å². The number of imidazole rings is 1. The lowest BCUT2D eigenvalue weighted by Crippen LogP contribution is -2.07. The van der Waals surface area contributed by atoms with E-state index in [4.69, 9.17) is 4.98 Å². The lowest BCUT2D eigenvalue weighted by Gasteiger charge is -2.11. The molecular weight excluding hydrogens is 304 g/mol. The highest BCUT2D eigenvalue weighted by Gasteiger charge is 2.12. The van der Waals surface area contributed by atoms with Crippen LogP contribution in [0.3, 0.4) is 0 Å². The van der Waals surface area contributed by atoms with Crippen molar-refractivity contribution in [1.29, 1.82) is 0 Å². The van der Waals surface area contributed by atoms with Crippen molar-refractivity contribution in [2.75, 3.05) is 0 Å². The molecule has 4 rings (SSSR count). The van der Waals surface area contributed by atoms with E-state index in [1.54, 1.807) is 0 Å². The molecule has 2 nitrogen and oxygen atoms in total. The second-order valence-electron chi connectivity index (χ2n) is 6.51. The van der Waals surface area contributed by atoms with E-state index in [1.807, 2.05) is 0 Å². The van der Waals surface area contributed by atoms with Crippen molar-refractivity contribution in [3.63, 3.8) is 0 Å². The molecule has 0 radical (unpaired) electrons. The van der Waals surface area contributed by atoms with Gasteiger partial charge >= 0.3 is 0 Å². The van der Waals surface area contributed by atoms with Crippen LogP contribution in [-0.2, 0) is 19.4 Å². The minimum Gasteiger partial charge on any atom is -0.327 e. The Hall–Kier alpha value is -2.87. The predicted octanol–water partition coefficient (Wildman–Crippen LogP) is 5.18. The molecule has 124 valence electrons. The van der Waals surface area contributed by atoms with E-state index in [-0.39, 0.29) is 0 Å². The summed E-state index contributed by atoms with van der Waals surface area (Å²) in [6.07, 6.45) is 1.89. The second kappa shape index (κ2) is 6.94. The van der Waals surface area contributed by atoms with E-state index in [0.717, 1.165) is 30.7 Å². The van der Waals surface area contributed by atoms with Crippen molar-refractivity contribution in [2.45, 2.75) is 26.3 Å². The van der Waals surface area contributed by atoms with E-state index < -0.39 is 0 Å². The first kappa shape index (κ1) is 15.6. The van der Waals surface area contributed by atoms with Crippen LogP contribution in [0.2, 0.25) is 0 Å². The molecule has 4 aromatic rings. The minimum atomic E-state index is 0.871. The SMILES string of the molecule is Cc1ccccc1Cc1nc2ccccc2n1CCc1ccccc1. The van der Waals surface area contributed by atoms with Crippen LogP contribution >= 0.6 is 0 Å². The number of benzene rings is 3. The Morgan fingerprint density at radius 1 is 0.800 bits per heavy atom. The van der Waals surface area contributed by atoms with Crippen molar-refractivity contribution >= 4 is 11.0 Å². The van der Waals surface area contributed by atoms with E-state index >= 15 is 0 Å². The van der Waals surface area contributed by atoms with Gasteiger partial charge in [0.15, 0.2) is 0 Å². The van der Waals surface area contributed by atoms with Crippen LogP contribution in [-0.4, -0.2) is 9.55 Å². The molecule has 3 aromatic carbocycles. The second-order valence-corrected chi connectivity index (χ2v) is 6.51. The summed E-state index contributed by atoms with van der Waals surface area (Å²) in [5.74, 6) is 1.14. The summed E-state index contributed by atoms with van der Waals surface area (Å²) in [5.41, 5.74) is 6.34. The molecule has 0 aliphatic carbocycles. The van der Waals surface area contributed by atoms with E-state index in [1.165, 1.54) is 22.2 Å². The molecule has 0 bridgehead atoms. The maximum atomic E-state index is 4.92. The summed E-state index contributed by atoms with van der Waals surface area (Å²) in [7, 11) is 0. The molecule has 0 fully saturated rings. The third-order valence-corrected chi connectivity index (χ3v) is 4.81. The van der Waals surface area contributed by atoms with Crippen LogP contribution in [0.4, 0.5) is 0 Å². The molecule has 0 unspecified atom stereocenters. The van der Waals surface area contributed by atoms with Gasteiger partial charge in [-0.25, -0.2) is 4.98 Å². The number of rotatable bonds is 5. The fourth-order valence-corrected chi connectivity index (χ4v) is 3.37. The first-order valence-electron chi connectivity index (χ1n) is 8.84. The number of fused-ring (bicyclic) bond motifs is 1. The lowest BCUT2D eigenvalue weighted by molar-refractivity contribution is 0.679. The summed E-state index contributed by atoms with van der Waals surface area (Å²) in [6, 6.07) is 27.7. The molecule has 0 aliphatic heterocycles. The molecule has 0 N–H and O–H groups in total. The van der Waals surface area contributed by atoms with Gasteiger partial charge in [-0.15, -0.1) is 0 Å². The van der Waals surface area contributed by atoms with Crippen LogP contribution in [0.25, 0.3) is 11.0 Å². The van der Waals surface area contributed by atoms with Crippen molar-refractivity contribution in [3.05, 3.63) is 101 Å². The molecule has 2 heteroatoms. The number of para-hydroxylation sites is 2. The first-order chi connectivity index (χ1) is 12.3. The Labute approximate surface area is 148 Å². The average Bonchev–Trinajstić information content (AvgIpc) is 3.00. The smallest absolute Gasteiger partial charge is 0.114 e. The van der Waals surface area contributed by atoms with Crippen molar-refractivity contribution < 1.29 is 0 Å². The van der Waals surface area contributed by atoms with Crippen LogP contribution in [0, 0.1) is 6.92 Å². The third kappa shape index (κ3) is 3.34. The molecule has 0 amide bonds. The number of aromatic nitrogens is 2. The van der Waals surface area contributed by atoms with Crippen molar-refractivity contribution in [3.8, 4) is 0 Å². The topological polar surface area (TPSA) is 17.8 Å². The van der Waals surface area contributed by atoms with Gasteiger partial charge < -0.3 is 4.57 Å². The highest BCUT2D eigenvalue weighted by molar-refractivity contribution is 5.76. The molecule has 0 aliphatic rings. The average molecular weight is 326 g/mol. The number of hydrogen-bond donors (Lipinski definition) is 0. The van der Waals surface area contributed by atoms with Gasteiger partial charge in [-0.3, -0.25) is 0 Å². The highest BCUT2D eigenvalue weighted by Crippen LogP contribution is 2.20. The Balaban J connectivity index is 1.69. The zero-order chi connectivity index (χ0) is 17.1. The van der Waals surface area contributed by atoms with Crippen molar-refractivity contribution in [2.24, 2.45) is 0 Å². The van der Waals surface area contributed by atoms with Crippen molar-refractivity contribution in [1.82, 2.24) is 9.55 Å². The zero-order valence-electron chi connectivity index (χ0n) is 14.5. The largest absolute Gasteiger partial charge is 0.327 e. The summed E-state index contributed by atoms with van der Waals surface area (Å²) in [4.78, 5) is 4.92. The molecular formula is C23H22N2. The summed E-state index contributed by atoms with van der Waals surface area (Å²) < 4.78 is 2.38. The Morgan fingerprint density at radius 2 is 1.52 bits per heavy atom. The quantitative estimate of drug-likeness (QED) is 0.494. The maximum absolute atomic E-state index is 4.92. The van der Waals surface area contributed by atoms with Gasteiger partial charge in [-0.2, -0.15) is 0 Å².